The van der Waals surface area contributed by atoms with Crippen molar-refractivity contribution in [3.63, 3.8) is 0 Å². The molecule has 2 amide bonds. The third-order valence-electron chi connectivity index (χ3n) is 6.51. The molecule has 3 rings (SSSR count). The Balaban J connectivity index is 1.70. The van der Waals surface area contributed by atoms with Crippen molar-refractivity contribution in [2.24, 2.45) is 11.3 Å². The molecular formula is C22H37N5O5. The van der Waals surface area contributed by atoms with Gasteiger partial charge in [-0.1, -0.05) is 26.0 Å². The van der Waals surface area contributed by atoms with E-state index >= 15 is 0 Å². The van der Waals surface area contributed by atoms with Gasteiger partial charge in [0.1, 0.15) is 17.8 Å². The number of rotatable bonds is 7. The van der Waals surface area contributed by atoms with E-state index in [1.165, 1.54) is 11.9 Å². The summed E-state index contributed by atoms with van der Waals surface area (Å²) in [7, 11) is 1.52. The number of likely N-dealkylation sites (tertiary alicyclic amines) is 1. The normalized spacial score (nSPS) is 27.4. The maximum atomic E-state index is 13.5. The van der Waals surface area contributed by atoms with E-state index < -0.39 is 23.6 Å². The standard InChI is InChI=1S/C22H37N5O5/c1-22(2,3)19(21(31)26-11-16(29)9-18(26)20(30)23-4)27-10-15(24-25-27)13-32-17-7-5-14(12-28)6-8-17/h10,14,16-19,28-29H,5-9,11-13H2,1-4H3,(H,23,30). The zero-order chi connectivity index (χ0) is 23.5. The molecule has 1 aromatic heterocycles. The first kappa shape index (κ1) is 24.6. The minimum atomic E-state index is -0.734. The fourth-order valence-corrected chi connectivity index (χ4v) is 4.70. The Kier molecular flexibility index (Phi) is 7.89. The molecule has 2 heterocycles. The zero-order valence-corrected chi connectivity index (χ0v) is 19.5. The molecule has 3 atom stereocenters. The molecule has 3 unspecified atom stereocenters. The summed E-state index contributed by atoms with van der Waals surface area (Å²) in [6.07, 6.45) is 5.11. The molecule has 32 heavy (non-hydrogen) atoms. The van der Waals surface area contributed by atoms with Crippen LogP contribution in [0.1, 0.15) is 64.6 Å². The maximum Gasteiger partial charge on any atom is 0.248 e. The highest BCUT2D eigenvalue weighted by molar-refractivity contribution is 5.90. The highest BCUT2D eigenvalue weighted by Gasteiger charge is 2.45. The second-order valence-corrected chi connectivity index (χ2v) is 10.1. The number of hydrogen-bond donors (Lipinski definition) is 3. The minimum absolute atomic E-state index is 0.116. The van der Waals surface area contributed by atoms with Crippen LogP contribution in [0.2, 0.25) is 0 Å². The average Bonchev–Trinajstić information content (AvgIpc) is 3.37. The van der Waals surface area contributed by atoms with Crippen molar-refractivity contribution in [2.45, 2.75) is 83.8 Å². The summed E-state index contributed by atoms with van der Waals surface area (Å²) < 4.78 is 7.55. The molecule has 1 aromatic rings. The van der Waals surface area contributed by atoms with Gasteiger partial charge in [0.15, 0.2) is 0 Å². The number of amides is 2. The third kappa shape index (κ3) is 5.65. The predicted octanol–water partition coefficient (Wildman–Crippen LogP) is 0.641. The van der Waals surface area contributed by atoms with Gasteiger partial charge in [-0.05, 0) is 37.0 Å². The zero-order valence-electron chi connectivity index (χ0n) is 19.5. The van der Waals surface area contributed by atoms with E-state index in [1.54, 1.807) is 10.9 Å². The topological polar surface area (TPSA) is 130 Å². The van der Waals surface area contributed by atoms with Gasteiger partial charge in [0.05, 0.1) is 25.0 Å². The molecule has 1 aliphatic carbocycles. The molecule has 1 aliphatic heterocycles. The Morgan fingerprint density at radius 1 is 1.28 bits per heavy atom. The number of carbonyl (C=O) groups excluding carboxylic acids is 2. The van der Waals surface area contributed by atoms with Gasteiger partial charge >= 0.3 is 0 Å². The van der Waals surface area contributed by atoms with Crippen LogP contribution in [0.25, 0.3) is 0 Å². The molecule has 1 saturated carbocycles. The quantitative estimate of drug-likeness (QED) is 0.555. The lowest BCUT2D eigenvalue weighted by atomic mass is 9.85. The first-order valence-electron chi connectivity index (χ1n) is 11.5. The highest BCUT2D eigenvalue weighted by atomic mass is 16.5. The van der Waals surface area contributed by atoms with Crippen LogP contribution in [0.5, 0.6) is 0 Å². The summed E-state index contributed by atoms with van der Waals surface area (Å²) in [6.45, 7) is 6.48. The van der Waals surface area contributed by atoms with Gasteiger partial charge in [0, 0.05) is 26.6 Å². The summed E-state index contributed by atoms with van der Waals surface area (Å²) in [5.41, 5.74) is 0.146. The van der Waals surface area contributed by atoms with Crippen LogP contribution in [0.15, 0.2) is 6.20 Å². The van der Waals surface area contributed by atoms with E-state index in [2.05, 4.69) is 15.6 Å². The second-order valence-electron chi connectivity index (χ2n) is 10.1. The van der Waals surface area contributed by atoms with Crippen LogP contribution in [0.3, 0.4) is 0 Å². The van der Waals surface area contributed by atoms with E-state index in [-0.39, 0.29) is 37.5 Å². The first-order chi connectivity index (χ1) is 15.1. The number of aromatic nitrogens is 3. The molecule has 1 saturated heterocycles. The van der Waals surface area contributed by atoms with Gasteiger partial charge in [0.2, 0.25) is 11.8 Å². The molecular weight excluding hydrogens is 414 g/mol. The van der Waals surface area contributed by atoms with Gasteiger partial charge in [-0.15, -0.1) is 5.10 Å². The fraction of sp³-hybridized carbons (Fsp3) is 0.818. The van der Waals surface area contributed by atoms with Crippen molar-refractivity contribution in [1.29, 1.82) is 0 Å². The maximum absolute atomic E-state index is 13.5. The number of carbonyl (C=O) groups is 2. The molecule has 2 aliphatic rings. The van der Waals surface area contributed by atoms with Crippen LogP contribution in [-0.4, -0.2) is 80.4 Å². The lowest BCUT2D eigenvalue weighted by Gasteiger charge is -2.34. The van der Waals surface area contributed by atoms with Crippen LogP contribution >= 0.6 is 0 Å². The number of ether oxygens (including phenoxy) is 1. The van der Waals surface area contributed by atoms with E-state index in [1.807, 2.05) is 20.8 Å². The van der Waals surface area contributed by atoms with Crippen molar-refractivity contribution in [3.8, 4) is 0 Å². The monoisotopic (exact) mass is 451 g/mol. The average molecular weight is 452 g/mol. The molecule has 3 N–H and O–H groups in total. The number of nitrogens with one attached hydrogen (secondary N) is 1. The Labute approximate surface area is 189 Å². The van der Waals surface area contributed by atoms with Crippen molar-refractivity contribution in [3.05, 3.63) is 11.9 Å². The lowest BCUT2D eigenvalue weighted by Crippen LogP contribution is -2.49. The number of β-amino-alcohol motifs (C(OH)–C–C–N with tert-alkyl or cyclic N) is 1. The van der Waals surface area contributed by atoms with Crippen LogP contribution in [-0.2, 0) is 20.9 Å². The SMILES string of the molecule is CNC(=O)C1CC(O)CN1C(=O)C(n1cc(COC2CCC(CO)CC2)nn1)C(C)(C)C. The molecule has 0 bridgehead atoms. The molecule has 2 fully saturated rings. The van der Waals surface area contributed by atoms with E-state index in [9.17, 15) is 19.8 Å². The molecule has 180 valence electrons. The van der Waals surface area contributed by atoms with E-state index in [4.69, 9.17) is 4.74 Å². The molecule has 0 aromatic carbocycles. The smallest absolute Gasteiger partial charge is 0.248 e. The molecule has 0 spiro atoms. The van der Waals surface area contributed by atoms with Gasteiger partial charge in [-0.25, -0.2) is 4.68 Å². The summed E-state index contributed by atoms with van der Waals surface area (Å²) in [5, 5.41) is 30.4. The van der Waals surface area contributed by atoms with Crippen molar-refractivity contribution in [1.82, 2.24) is 25.2 Å². The number of aliphatic hydroxyl groups is 2. The number of aliphatic hydroxyl groups excluding tert-OH is 2. The predicted molar refractivity (Wildman–Crippen MR) is 116 cm³/mol. The second kappa shape index (κ2) is 10.3. The summed E-state index contributed by atoms with van der Waals surface area (Å²) in [5.74, 6) is -0.175. The van der Waals surface area contributed by atoms with Gasteiger partial charge in [-0.3, -0.25) is 9.59 Å². The summed E-state index contributed by atoms with van der Waals surface area (Å²) in [6, 6.07) is -1.38. The van der Waals surface area contributed by atoms with Crippen LogP contribution < -0.4 is 5.32 Å². The van der Waals surface area contributed by atoms with E-state index in [0.717, 1.165) is 25.7 Å². The summed E-state index contributed by atoms with van der Waals surface area (Å²) >= 11 is 0. The largest absolute Gasteiger partial charge is 0.396 e. The number of likely N-dealkylation sites (N-methyl/N-ethyl adjacent to an activating group) is 1. The van der Waals surface area contributed by atoms with Gasteiger partial charge in [-0.2, -0.15) is 0 Å². The molecule has 0 radical (unpaired) electrons. The molecule has 10 heteroatoms. The molecule has 10 nitrogen and oxygen atoms in total. The first-order valence-corrected chi connectivity index (χ1v) is 11.5. The summed E-state index contributed by atoms with van der Waals surface area (Å²) in [4.78, 5) is 27.3. The van der Waals surface area contributed by atoms with Crippen molar-refractivity contribution >= 4 is 11.8 Å². The minimum Gasteiger partial charge on any atom is -0.396 e. The highest BCUT2D eigenvalue weighted by Crippen LogP contribution is 2.34. The Bertz CT molecular complexity index is 784. The van der Waals surface area contributed by atoms with Crippen LogP contribution in [0.4, 0.5) is 0 Å². The number of hydrogen-bond acceptors (Lipinski definition) is 7. The Morgan fingerprint density at radius 2 is 1.97 bits per heavy atom. The Morgan fingerprint density at radius 3 is 2.56 bits per heavy atom. The third-order valence-corrected chi connectivity index (χ3v) is 6.51. The van der Waals surface area contributed by atoms with Gasteiger partial charge in [0.25, 0.3) is 0 Å². The van der Waals surface area contributed by atoms with Crippen molar-refractivity contribution in [2.75, 3.05) is 20.2 Å². The van der Waals surface area contributed by atoms with E-state index in [0.29, 0.717) is 18.2 Å². The van der Waals surface area contributed by atoms with Gasteiger partial charge < -0.3 is 25.2 Å². The van der Waals surface area contributed by atoms with Crippen molar-refractivity contribution < 1.29 is 24.5 Å². The van der Waals surface area contributed by atoms with Crippen LogP contribution in [0, 0.1) is 11.3 Å². The fourth-order valence-electron chi connectivity index (χ4n) is 4.70. The Hall–Kier alpha value is -2.04. The lowest BCUT2D eigenvalue weighted by molar-refractivity contribution is -0.144. The number of nitrogens with zero attached hydrogens (tertiary/aromatic N) is 4.